The van der Waals surface area contributed by atoms with E-state index in [-0.39, 0.29) is 18.3 Å². The van der Waals surface area contributed by atoms with Gasteiger partial charge in [-0.15, -0.1) is 0 Å². The first-order valence-electron chi connectivity index (χ1n) is 5.15. The summed E-state index contributed by atoms with van der Waals surface area (Å²) in [7, 11) is 0. The second-order valence-corrected chi connectivity index (χ2v) is 3.44. The van der Waals surface area contributed by atoms with Gasteiger partial charge in [-0.2, -0.15) is 0 Å². The molecular weight excluding hydrogens is 236 g/mol. The molecule has 0 aliphatic rings. The van der Waals surface area contributed by atoms with Crippen molar-refractivity contribution >= 4 is 5.91 Å². The number of hydrogen-bond donors (Lipinski definition) is 1. The monoisotopic (exact) mass is 248 g/mol. The highest BCUT2D eigenvalue weighted by Gasteiger charge is 2.05. The van der Waals surface area contributed by atoms with Crippen molar-refractivity contribution in [3.63, 3.8) is 0 Å². The highest BCUT2D eigenvalue weighted by Crippen LogP contribution is 1.98. The molecule has 1 heterocycles. The van der Waals surface area contributed by atoms with E-state index in [1.165, 1.54) is 0 Å². The van der Waals surface area contributed by atoms with Crippen LogP contribution in [0.2, 0.25) is 0 Å². The number of amides is 1. The Morgan fingerprint density at radius 1 is 1.06 bits per heavy atom. The van der Waals surface area contributed by atoms with Crippen LogP contribution in [0.1, 0.15) is 16.1 Å². The summed E-state index contributed by atoms with van der Waals surface area (Å²) in [5.41, 5.74) is 1.66. The number of hydrogen-bond acceptors (Lipinski definition) is 1. The highest BCUT2D eigenvalue weighted by atomic mass is 35.5. The van der Waals surface area contributed by atoms with E-state index in [1.54, 1.807) is 12.1 Å². The van der Waals surface area contributed by atoms with Crippen LogP contribution in [0.25, 0.3) is 0 Å². The minimum absolute atomic E-state index is 0. The lowest BCUT2D eigenvalue weighted by Crippen LogP contribution is -3.00. The Morgan fingerprint density at radius 2 is 1.76 bits per heavy atom. The number of benzene rings is 1. The largest absolute Gasteiger partial charge is 1.00 e. The summed E-state index contributed by atoms with van der Waals surface area (Å²) < 4.78 is 0. The summed E-state index contributed by atoms with van der Waals surface area (Å²) in [6, 6.07) is 15.0. The van der Waals surface area contributed by atoms with E-state index in [2.05, 4.69) is 10.3 Å². The fourth-order valence-electron chi connectivity index (χ4n) is 1.41. The van der Waals surface area contributed by atoms with Gasteiger partial charge in [-0.1, -0.05) is 24.3 Å². The summed E-state index contributed by atoms with van der Waals surface area (Å²) in [6.45, 7) is 0.508. The molecule has 1 aromatic heterocycles. The van der Waals surface area contributed by atoms with Gasteiger partial charge in [-0.25, -0.2) is 4.98 Å². The molecule has 0 bridgehead atoms. The van der Waals surface area contributed by atoms with E-state index in [9.17, 15) is 4.79 Å². The highest BCUT2D eigenvalue weighted by molar-refractivity contribution is 5.93. The summed E-state index contributed by atoms with van der Waals surface area (Å²) in [6.07, 6.45) is 1.84. The molecular formula is C13H13ClN2O. The SMILES string of the molecule is O=C(NCc1cccc[nH+]1)c1ccccc1.[Cl-]. The average molecular weight is 249 g/mol. The van der Waals surface area contributed by atoms with Gasteiger partial charge in [0, 0.05) is 17.7 Å². The topological polar surface area (TPSA) is 43.2 Å². The van der Waals surface area contributed by atoms with Gasteiger partial charge in [0.2, 0.25) is 0 Å². The Kier molecular flexibility index (Phi) is 5.17. The van der Waals surface area contributed by atoms with Crippen LogP contribution in [0.15, 0.2) is 54.7 Å². The van der Waals surface area contributed by atoms with E-state index in [4.69, 9.17) is 0 Å². The first-order chi connectivity index (χ1) is 7.86. The predicted molar refractivity (Wildman–Crippen MR) is 60.6 cm³/mol. The number of nitrogens with one attached hydrogen (secondary N) is 2. The van der Waals surface area contributed by atoms with E-state index < -0.39 is 0 Å². The average Bonchev–Trinajstić information content (AvgIpc) is 2.38. The Morgan fingerprint density at radius 3 is 2.41 bits per heavy atom. The molecule has 17 heavy (non-hydrogen) atoms. The molecule has 0 aliphatic carbocycles. The van der Waals surface area contributed by atoms with Gasteiger partial charge in [-0.05, 0) is 12.1 Å². The second-order valence-electron chi connectivity index (χ2n) is 3.44. The third-order valence-corrected chi connectivity index (χ3v) is 2.25. The van der Waals surface area contributed by atoms with Crippen molar-refractivity contribution in [2.75, 3.05) is 0 Å². The molecule has 0 radical (unpaired) electrons. The van der Waals surface area contributed by atoms with Crippen LogP contribution in [-0.4, -0.2) is 5.91 Å². The summed E-state index contributed by atoms with van der Waals surface area (Å²) in [5.74, 6) is -0.0575. The van der Waals surface area contributed by atoms with Crippen molar-refractivity contribution in [1.29, 1.82) is 0 Å². The summed E-state index contributed by atoms with van der Waals surface area (Å²) in [4.78, 5) is 14.8. The lowest BCUT2D eigenvalue weighted by atomic mass is 10.2. The molecule has 2 rings (SSSR count). The molecule has 0 fully saturated rings. The van der Waals surface area contributed by atoms with Crippen molar-refractivity contribution in [3.8, 4) is 0 Å². The maximum absolute atomic E-state index is 11.7. The molecule has 2 N–H and O–H groups in total. The van der Waals surface area contributed by atoms with Crippen molar-refractivity contribution < 1.29 is 22.2 Å². The Labute approximate surface area is 106 Å². The van der Waals surface area contributed by atoms with E-state index in [0.29, 0.717) is 12.1 Å². The molecule has 0 spiro atoms. The fraction of sp³-hybridized carbons (Fsp3) is 0.0769. The van der Waals surface area contributed by atoms with Gasteiger partial charge in [0.1, 0.15) is 6.54 Å². The van der Waals surface area contributed by atoms with Crippen molar-refractivity contribution in [2.24, 2.45) is 0 Å². The standard InChI is InChI=1S/C13H12N2O.ClH/c16-13(11-6-2-1-3-7-11)15-10-12-8-4-5-9-14-12;/h1-9H,10H2,(H,15,16);1H. The fourth-order valence-corrected chi connectivity index (χ4v) is 1.41. The van der Waals surface area contributed by atoms with Crippen LogP contribution in [0.3, 0.4) is 0 Å². The van der Waals surface area contributed by atoms with Gasteiger partial charge in [0.05, 0.1) is 0 Å². The van der Waals surface area contributed by atoms with Crippen molar-refractivity contribution in [3.05, 3.63) is 66.0 Å². The summed E-state index contributed by atoms with van der Waals surface area (Å²) in [5, 5.41) is 2.85. The Balaban J connectivity index is 0.00000144. The van der Waals surface area contributed by atoms with Crippen LogP contribution in [0.5, 0.6) is 0 Å². The number of pyridine rings is 1. The molecule has 3 nitrogen and oxygen atoms in total. The van der Waals surface area contributed by atoms with Gasteiger partial charge >= 0.3 is 0 Å². The number of aromatic nitrogens is 1. The van der Waals surface area contributed by atoms with Crippen LogP contribution >= 0.6 is 0 Å². The molecule has 1 amide bonds. The second kappa shape index (κ2) is 6.66. The molecule has 0 saturated carbocycles. The van der Waals surface area contributed by atoms with E-state index in [1.807, 2.05) is 42.6 Å². The van der Waals surface area contributed by atoms with Gasteiger partial charge in [0.15, 0.2) is 11.9 Å². The van der Waals surface area contributed by atoms with E-state index >= 15 is 0 Å². The first-order valence-corrected chi connectivity index (χ1v) is 5.15. The van der Waals surface area contributed by atoms with Crippen LogP contribution in [0, 0.1) is 0 Å². The Bertz CT molecular complexity index is 459. The number of aromatic amines is 1. The molecule has 0 unspecified atom stereocenters. The molecule has 88 valence electrons. The zero-order valence-corrected chi connectivity index (χ0v) is 9.95. The lowest BCUT2D eigenvalue weighted by Gasteiger charge is -2.01. The van der Waals surface area contributed by atoms with Gasteiger partial charge in [0.25, 0.3) is 5.91 Å². The lowest BCUT2D eigenvalue weighted by molar-refractivity contribution is -0.390. The third kappa shape index (κ3) is 3.89. The third-order valence-electron chi connectivity index (χ3n) is 2.25. The molecule has 0 saturated heterocycles. The number of halogens is 1. The van der Waals surface area contributed by atoms with Crippen LogP contribution < -0.4 is 22.7 Å². The number of carbonyl (C=O) groups is 1. The predicted octanol–water partition coefficient (Wildman–Crippen LogP) is -1.57. The number of carbonyl (C=O) groups excluding carboxylic acids is 1. The van der Waals surface area contributed by atoms with Crippen LogP contribution in [0.4, 0.5) is 0 Å². The smallest absolute Gasteiger partial charge is 0.251 e. The minimum Gasteiger partial charge on any atom is -1.00 e. The number of H-pyrrole nitrogens is 1. The van der Waals surface area contributed by atoms with E-state index in [0.717, 1.165) is 5.69 Å². The summed E-state index contributed by atoms with van der Waals surface area (Å²) >= 11 is 0. The molecule has 0 atom stereocenters. The zero-order valence-electron chi connectivity index (χ0n) is 9.19. The maximum Gasteiger partial charge on any atom is 0.251 e. The zero-order chi connectivity index (χ0) is 11.2. The van der Waals surface area contributed by atoms with Gasteiger partial charge < -0.3 is 17.7 Å². The molecule has 4 heteroatoms. The maximum atomic E-state index is 11.7. The first kappa shape index (κ1) is 13.2. The van der Waals surface area contributed by atoms with Crippen molar-refractivity contribution in [1.82, 2.24) is 5.32 Å². The number of rotatable bonds is 3. The van der Waals surface area contributed by atoms with Gasteiger partial charge in [-0.3, -0.25) is 4.79 Å². The van der Waals surface area contributed by atoms with Crippen molar-refractivity contribution in [2.45, 2.75) is 6.54 Å². The molecule has 0 aliphatic heterocycles. The quantitative estimate of drug-likeness (QED) is 0.701. The normalized spacial score (nSPS) is 9.18. The van der Waals surface area contributed by atoms with Crippen LogP contribution in [-0.2, 0) is 6.54 Å². The molecule has 1 aromatic carbocycles. The minimum atomic E-state index is -0.0575. The molecule has 2 aromatic rings. The Hall–Kier alpha value is -1.87.